The smallest absolute Gasteiger partial charge is 0.416 e. The van der Waals surface area contributed by atoms with E-state index < -0.39 is 29.8 Å². The summed E-state index contributed by atoms with van der Waals surface area (Å²) in [6.07, 6.45) is -0.194. The molecule has 2 rings (SSSR count). The van der Waals surface area contributed by atoms with Crippen LogP contribution in [0.25, 0.3) is 0 Å². The molecule has 234 valence electrons. The predicted molar refractivity (Wildman–Crippen MR) is 149 cm³/mol. The summed E-state index contributed by atoms with van der Waals surface area (Å²) in [4.78, 5) is 27.6. The average Bonchev–Trinajstić information content (AvgIpc) is 2.93. The van der Waals surface area contributed by atoms with E-state index in [2.05, 4.69) is 10.2 Å². The Labute approximate surface area is 243 Å². The minimum absolute atomic E-state index is 0.00677. The van der Waals surface area contributed by atoms with Crippen LogP contribution in [0, 0.1) is 0 Å². The maximum absolute atomic E-state index is 13.4. The molecule has 0 heterocycles. The van der Waals surface area contributed by atoms with Gasteiger partial charge in [-0.05, 0) is 80.1 Å². The first kappa shape index (κ1) is 34.8. The standard InChI is InChI=1S/C29H40F3N3O7/c1-20(37)42-35(28(33)40)25-15-21(14-24(17-25)29(30,31)32)8-4-7-13-41-12-6-3-2-5-11-34-18-27(39)22-9-10-26(38)23(16-22)19-36/h9-10,14-17,27,34,36,38-39H,2-8,11-13,18-19H2,1H3,(H2,33,40)/t27-/m0/s1. The van der Waals surface area contributed by atoms with Gasteiger partial charge in [-0.1, -0.05) is 18.9 Å². The molecule has 6 N–H and O–H groups in total. The number of nitrogens with zero attached hydrogens (tertiary/aromatic N) is 1. The maximum atomic E-state index is 13.4. The van der Waals surface area contributed by atoms with Gasteiger partial charge in [0.1, 0.15) is 5.75 Å². The van der Waals surface area contributed by atoms with E-state index in [0.717, 1.165) is 45.2 Å². The molecule has 0 aliphatic carbocycles. The normalized spacial score (nSPS) is 12.2. The number of alkyl halides is 3. The van der Waals surface area contributed by atoms with Crippen molar-refractivity contribution in [2.75, 3.05) is 31.4 Å². The molecule has 13 heteroatoms. The Morgan fingerprint density at radius 1 is 1.02 bits per heavy atom. The van der Waals surface area contributed by atoms with E-state index in [0.29, 0.717) is 66.8 Å². The number of aromatic hydroxyl groups is 1. The first-order chi connectivity index (χ1) is 19.9. The summed E-state index contributed by atoms with van der Waals surface area (Å²) in [5.74, 6) is -0.908. The molecule has 0 unspecified atom stereocenters. The fourth-order valence-electron chi connectivity index (χ4n) is 4.19. The van der Waals surface area contributed by atoms with Gasteiger partial charge in [0.05, 0.1) is 24.0 Å². The average molecular weight is 600 g/mol. The van der Waals surface area contributed by atoms with Crippen molar-refractivity contribution in [2.45, 2.75) is 70.8 Å². The summed E-state index contributed by atoms with van der Waals surface area (Å²) in [6.45, 7) is 2.83. The second-order valence-corrected chi connectivity index (χ2v) is 9.85. The third-order valence-electron chi connectivity index (χ3n) is 6.35. The van der Waals surface area contributed by atoms with Crippen LogP contribution in [-0.2, 0) is 33.6 Å². The number of halogens is 3. The van der Waals surface area contributed by atoms with E-state index in [-0.39, 0.29) is 18.0 Å². The first-order valence-electron chi connectivity index (χ1n) is 13.8. The molecule has 0 bridgehead atoms. The van der Waals surface area contributed by atoms with Gasteiger partial charge in [0, 0.05) is 32.2 Å². The highest BCUT2D eigenvalue weighted by atomic mass is 19.4. The number of anilines is 1. The van der Waals surface area contributed by atoms with Crippen LogP contribution in [0.1, 0.15) is 73.8 Å². The molecule has 2 aromatic carbocycles. The van der Waals surface area contributed by atoms with Crippen molar-refractivity contribution in [3.8, 4) is 5.75 Å². The molecular weight excluding hydrogens is 559 g/mol. The van der Waals surface area contributed by atoms with Gasteiger partial charge in [0.25, 0.3) is 0 Å². The van der Waals surface area contributed by atoms with E-state index in [1.165, 1.54) is 12.1 Å². The SMILES string of the molecule is CC(=O)ON(C(N)=O)c1cc(CCCCOCCCCCCNC[C@H](O)c2ccc(O)c(CO)c2)cc(C(F)(F)F)c1. The lowest BCUT2D eigenvalue weighted by Crippen LogP contribution is -2.37. The number of primary amides is 1. The van der Waals surface area contributed by atoms with Crippen molar-refractivity contribution in [1.29, 1.82) is 0 Å². The highest BCUT2D eigenvalue weighted by Gasteiger charge is 2.32. The predicted octanol–water partition coefficient (Wildman–Crippen LogP) is 4.49. The molecule has 42 heavy (non-hydrogen) atoms. The minimum Gasteiger partial charge on any atom is -0.508 e. The van der Waals surface area contributed by atoms with Crippen molar-refractivity contribution >= 4 is 17.7 Å². The number of aliphatic hydroxyl groups is 2. The molecule has 0 saturated heterocycles. The highest BCUT2D eigenvalue weighted by Crippen LogP contribution is 2.33. The van der Waals surface area contributed by atoms with Crippen molar-refractivity contribution < 1.29 is 47.7 Å². The monoisotopic (exact) mass is 599 g/mol. The molecule has 10 nitrogen and oxygen atoms in total. The summed E-state index contributed by atoms with van der Waals surface area (Å²) in [6, 6.07) is 6.46. The Hall–Kier alpha value is -3.39. The lowest BCUT2D eigenvalue weighted by atomic mass is 10.0. The fraction of sp³-hybridized carbons (Fsp3) is 0.517. The number of hydrogen-bond donors (Lipinski definition) is 5. The Kier molecular flexibility index (Phi) is 14.5. The second-order valence-electron chi connectivity index (χ2n) is 9.85. The van der Waals surface area contributed by atoms with Crippen LogP contribution in [0.5, 0.6) is 5.75 Å². The molecule has 0 spiro atoms. The molecule has 0 fully saturated rings. The van der Waals surface area contributed by atoms with Crippen molar-refractivity contribution in [2.24, 2.45) is 5.73 Å². The topological polar surface area (TPSA) is 155 Å². The van der Waals surface area contributed by atoms with Gasteiger partial charge < -0.3 is 35.9 Å². The van der Waals surface area contributed by atoms with Crippen molar-refractivity contribution in [3.63, 3.8) is 0 Å². The number of benzene rings is 2. The first-order valence-corrected chi connectivity index (χ1v) is 13.8. The molecule has 2 aromatic rings. The number of amides is 2. The summed E-state index contributed by atoms with van der Waals surface area (Å²) < 4.78 is 45.8. The number of nitrogens with two attached hydrogens (primary N) is 1. The van der Waals surface area contributed by atoms with Gasteiger partial charge in [-0.25, -0.2) is 9.59 Å². The van der Waals surface area contributed by atoms with Crippen LogP contribution in [0.3, 0.4) is 0 Å². The summed E-state index contributed by atoms with van der Waals surface area (Å²) in [5.41, 5.74) is 5.22. The van der Waals surface area contributed by atoms with Crippen LogP contribution in [0.15, 0.2) is 36.4 Å². The van der Waals surface area contributed by atoms with Gasteiger partial charge in [-0.2, -0.15) is 13.2 Å². The number of aliphatic hydroxyl groups excluding tert-OH is 2. The van der Waals surface area contributed by atoms with Crippen LogP contribution in [0.2, 0.25) is 0 Å². The zero-order valence-corrected chi connectivity index (χ0v) is 23.7. The third kappa shape index (κ3) is 12.2. The van der Waals surface area contributed by atoms with Crippen LogP contribution in [-0.4, -0.2) is 53.6 Å². The molecule has 0 aliphatic heterocycles. The molecule has 0 aliphatic rings. The molecular formula is C29H40F3N3O7. The lowest BCUT2D eigenvalue weighted by Gasteiger charge is -2.20. The molecule has 1 atom stereocenters. The van der Waals surface area contributed by atoms with Gasteiger partial charge in [0.2, 0.25) is 0 Å². The number of aryl methyl sites for hydroxylation is 1. The van der Waals surface area contributed by atoms with Crippen molar-refractivity contribution in [1.82, 2.24) is 5.32 Å². The van der Waals surface area contributed by atoms with E-state index in [1.807, 2.05) is 0 Å². The Balaban J connectivity index is 1.61. The van der Waals surface area contributed by atoms with Gasteiger partial charge in [-0.3, -0.25) is 0 Å². The number of carbonyl (C=O) groups is 2. The zero-order valence-electron chi connectivity index (χ0n) is 23.7. The van der Waals surface area contributed by atoms with Gasteiger partial charge in [0.15, 0.2) is 0 Å². The number of carbonyl (C=O) groups excluding carboxylic acids is 2. The number of nitrogens with one attached hydrogen (secondary N) is 1. The summed E-state index contributed by atoms with van der Waals surface area (Å²) in [5, 5.41) is 32.6. The molecule has 2 amide bonds. The Morgan fingerprint density at radius 2 is 1.71 bits per heavy atom. The highest BCUT2D eigenvalue weighted by molar-refractivity contribution is 5.90. The number of hydroxylamine groups is 1. The maximum Gasteiger partial charge on any atom is 0.416 e. The minimum atomic E-state index is -4.66. The summed E-state index contributed by atoms with van der Waals surface area (Å²) in [7, 11) is 0. The van der Waals surface area contributed by atoms with E-state index >= 15 is 0 Å². The zero-order chi connectivity index (χ0) is 31.1. The largest absolute Gasteiger partial charge is 0.508 e. The summed E-state index contributed by atoms with van der Waals surface area (Å²) >= 11 is 0. The third-order valence-corrected chi connectivity index (χ3v) is 6.35. The van der Waals surface area contributed by atoms with Crippen molar-refractivity contribution in [3.05, 3.63) is 58.7 Å². The number of urea groups is 1. The fourth-order valence-corrected chi connectivity index (χ4v) is 4.19. The Morgan fingerprint density at radius 3 is 2.36 bits per heavy atom. The van der Waals surface area contributed by atoms with Crippen LogP contribution in [0.4, 0.5) is 23.7 Å². The molecule has 0 saturated carbocycles. The molecule has 0 aromatic heterocycles. The second kappa shape index (κ2) is 17.5. The quantitative estimate of drug-likeness (QED) is 0.132. The Bertz CT molecular complexity index is 1150. The number of ether oxygens (including phenoxy) is 1. The number of hydrogen-bond acceptors (Lipinski definition) is 8. The molecule has 0 radical (unpaired) electrons. The van der Waals surface area contributed by atoms with Crippen LogP contribution < -0.4 is 16.1 Å². The number of rotatable bonds is 17. The van der Waals surface area contributed by atoms with E-state index in [9.17, 15) is 38.1 Å². The van der Waals surface area contributed by atoms with Gasteiger partial charge in [-0.15, -0.1) is 5.06 Å². The van der Waals surface area contributed by atoms with Crippen LogP contribution >= 0.6 is 0 Å². The van der Waals surface area contributed by atoms with Gasteiger partial charge >= 0.3 is 18.2 Å². The lowest BCUT2D eigenvalue weighted by molar-refractivity contribution is -0.141. The van der Waals surface area contributed by atoms with E-state index in [4.69, 9.17) is 10.5 Å². The number of unbranched alkanes of at least 4 members (excludes halogenated alkanes) is 4. The number of phenols is 1. The van der Waals surface area contributed by atoms with E-state index in [1.54, 1.807) is 12.1 Å².